The normalized spacial score (nSPS) is 12.7. The fourth-order valence-corrected chi connectivity index (χ4v) is 3.53. The zero-order valence-corrected chi connectivity index (χ0v) is 17.8. The molecule has 0 saturated heterocycles. The fourth-order valence-electron chi connectivity index (χ4n) is 3.53. The SMILES string of the molecule is Cc1ccccc1C(C)(Oc1cc(OCc2ccc3ncoc3c2)cc(F)c1C#N)C(=O)O. The third-order valence-electron chi connectivity index (χ3n) is 5.32. The van der Waals surface area contributed by atoms with Crippen molar-refractivity contribution in [2.45, 2.75) is 26.1 Å². The average molecular weight is 446 g/mol. The first-order valence-electron chi connectivity index (χ1n) is 9.99. The summed E-state index contributed by atoms with van der Waals surface area (Å²) in [6, 6.07) is 16.2. The lowest BCUT2D eigenvalue weighted by Gasteiger charge is -2.29. The van der Waals surface area contributed by atoms with Gasteiger partial charge in [0.05, 0.1) is 0 Å². The molecule has 1 unspecified atom stereocenters. The monoisotopic (exact) mass is 446 g/mol. The second kappa shape index (κ2) is 8.63. The molecule has 1 N–H and O–H groups in total. The molecule has 166 valence electrons. The largest absolute Gasteiger partial charge is 0.489 e. The van der Waals surface area contributed by atoms with Crippen molar-refractivity contribution in [2.24, 2.45) is 0 Å². The molecule has 3 aromatic carbocycles. The van der Waals surface area contributed by atoms with E-state index < -0.39 is 23.0 Å². The zero-order valence-electron chi connectivity index (χ0n) is 17.8. The second-order valence-corrected chi connectivity index (χ2v) is 7.59. The summed E-state index contributed by atoms with van der Waals surface area (Å²) >= 11 is 0. The van der Waals surface area contributed by atoms with Crippen molar-refractivity contribution in [3.63, 3.8) is 0 Å². The smallest absolute Gasteiger partial charge is 0.352 e. The minimum atomic E-state index is -1.86. The van der Waals surface area contributed by atoms with Crippen molar-refractivity contribution >= 4 is 17.1 Å². The Labute approximate surface area is 188 Å². The number of aryl methyl sites for hydroxylation is 1. The molecule has 0 spiro atoms. The van der Waals surface area contributed by atoms with Gasteiger partial charge in [-0.25, -0.2) is 14.2 Å². The lowest BCUT2D eigenvalue weighted by molar-refractivity contribution is -0.154. The van der Waals surface area contributed by atoms with Crippen molar-refractivity contribution in [3.05, 3.63) is 89.1 Å². The fraction of sp³-hybridized carbons (Fsp3) is 0.160. The number of benzene rings is 3. The van der Waals surface area contributed by atoms with Crippen LogP contribution in [0.4, 0.5) is 4.39 Å². The van der Waals surface area contributed by atoms with Gasteiger partial charge in [0.1, 0.15) is 41.1 Å². The summed E-state index contributed by atoms with van der Waals surface area (Å²) in [5, 5.41) is 19.4. The van der Waals surface area contributed by atoms with Crippen LogP contribution in [0.1, 0.15) is 29.2 Å². The van der Waals surface area contributed by atoms with Gasteiger partial charge in [0, 0.05) is 17.7 Å². The molecule has 0 fully saturated rings. The standard InChI is InChI=1S/C25H19FN2O5/c1-15-5-3-4-6-19(15)25(2,24(29)30)33-22-11-17(10-20(26)18(22)12-27)31-13-16-7-8-21-23(9-16)32-14-28-21/h3-11,14H,13H2,1-2H3,(H,29,30). The minimum Gasteiger partial charge on any atom is -0.489 e. The van der Waals surface area contributed by atoms with E-state index in [1.807, 2.05) is 0 Å². The van der Waals surface area contributed by atoms with Crippen LogP contribution >= 0.6 is 0 Å². The minimum absolute atomic E-state index is 0.0788. The van der Waals surface area contributed by atoms with Crippen LogP contribution in [0, 0.1) is 24.1 Å². The highest BCUT2D eigenvalue weighted by Crippen LogP contribution is 2.36. The highest BCUT2D eigenvalue weighted by molar-refractivity contribution is 5.80. The Morgan fingerprint density at radius 2 is 2.03 bits per heavy atom. The van der Waals surface area contributed by atoms with Crippen LogP contribution in [0.3, 0.4) is 0 Å². The van der Waals surface area contributed by atoms with Crippen LogP contribution in [0.25, 0.3) is 11.1 Å². The van der Waals surface area contributed by atoms with Gasteiger partial charge in [-0.15, -0.1) is 0 Å². The second-order valence-electron chi connectivity index (χ2n) is 7.59. The Kier molecular flexibility index (Phi) is 5.71. The average Bonchev–Trinajstić information content (AvgIpc) is 3.25. The Bertz CT molecular complexity index is 1390. The van der Waals surface area contributed by atoms with Crippen molar-refractivity contribution in [2.75, 3.05) is 0 Å². The summed E-state index contributed by atoms with van der Waals surface area (Å²) < 4.78 is 31.5. The number of carboxylic acids is 1. The third-order valence-corrected chi connectivity index (χ3v) is 5.32. The van der Waals surface area contributed by atoms with E-state index in [0.29, 0.717) is 22.2 Å². The van der Waals surface area contributed by atoms with E-state index in [1.165, 1.54) is 19.4 Å². The molecule has 33 heavy (non-hydrogen) atoms. The highest BCUT2D eigenvalue weighted by atomic mass is 19.1. The molecule has 4 rings (SSSR count). The van der Waals surface area contributed by atoms with Crippen molar-refractivity contribution in [3.8, 4) is 17.6 Å². The number of oxazole rings is 1. The van der Waals surface area contributed by atoms with E-state index in [9.17, 15) is 19.6 Å². The maximum atomic E-state index is 14.7. The molecule has 4 aromatic rings. The lowest BCUT2D eigenvalue weighted by Crippen LogP contribution is -2.39. The Morgan fingerprint density at radius 3 is 2.76 bits per heavy atom. The van der Waals surface area contributed by atoms with Crippen LogP contribution < -0.4 is 9.47 Å². The molecule has 0 radical (unpaired) electrons. The van der Waals surface area contributed by atoms with Gasteiger partial charge in [-0.2, -0.15) is 5.26 Å². The highest BCUT2D eigenvalue weighted by Gasteiger charge is 2.40. The van der Waals surface area contributed by atoms with Crippen molar-refractivity contribution in [1.29, 1.82) is 5.26 Å². The summed E-state index contributed by atoms with van der Waals surface area (Å²) in [5.74, 6) is -2.32. The summed E-state index contributed by atoms with van der Waals surface area (Å²) in [6.07, 6.45) is 1.34. The first-order valence-corrected chi connectivity index (χ1v) is 9.99. The van der Waals surface area contributed by atoms with Gasteiger partial charge in [-0.3, -0.25) is 0 Å². The Balaban J connectivity index is 1.66. The summed E-state index contributed by atoms with van der Waals surface area (Å²) in [7, 11) is 0. The van der Waals surface area contributed by atoms with Gasteiger partial charge >= 0.3 is 5.97 Å². The predicted octanol–water partition coefficient (Wildman–Crippen LogP) is 5.10. The number of rotatable bonds is 7. The van der Waals surface area contributed by atoms with Crippen LogP contribution in [-0.4, -0.2) is 16.1 Å². The molecule has 7 nitrogen and oxygen atoms in total. The number of fused-ring (bicyclic) bond motifs is 1. The number of carboxylic acid groups (broad SMARTS) is 1. The number of aromatic nitrogens is 1. The van der Waals surface area contributed by atoms with Crippen molar-refractivity contribution < 1.29 is 28.2 Å². The Morgan fingerprint density at radius 1 is 1.24 bits per heavy atom. The maximum absolute atomic E-state index is 14.7. The lowest BCUT2D eigenvalue weighted by atomic mass is 9.91. The van der Waals surface area contributed by atoms with Gasteiger partial charge in [0.25, 0.3) is 0 Å². The summed E-state index contributed by atoms with van der Waals surface area (Å²) in [5.41, 5.74) is 0.821. The number of ether oxygens (including phenoxy) is 2. The molecule has 1 atom stereocenters. The molecule has 0 saturated carbocycles. The van der Waals surface area contributed by atoms with Crippen molar-refractivity contribution in [1.82, 2.24) is 4.98 Å². The number of aliphatic carboxylic acids is 1. The van der Waals surface area contributed by atoms with Gasteiger partial charge in [0.15, 0.2) is 12.0 Å². The van der Waals surface area contributed by atoms with Crippen LogP contribution in [-0.2, 0) is 17.0 Å². The molecule has 0 aliphatic rings. The molecule has 0 amide bonds. The molecule has 1 heterocycles. The molecule has 0 aliphatic heterocycles. The quantitative estimate of drug-likeness (QED) is 0.421. The van der Waals surface area contributed by atoms with E-state index in [2.05, 4.69) is 4.98 Å². The zero-order chi connectivity index (χ0) is 23.6. The topological polar surface area (TPSA) is 106 Å². The number of nitriles is 1. The van der Waals surface area contributed by atoms with Gasteiger partial charge < -0.3 is 19.0 Å². The number of hydrogen-bond donors (Lipinski definition) is 1. The van der Waals surface area contributed by atoms with Crippen LogP contribution in [0.2, 0.25) is 0 Å². The molecular formula is C25H19FN2O5. The first-order chi connectivity index (χ1) is 15.8. The molecular weight excluding hydrogens is 427 g/mol. The van der Waals surface area contributed by atoms with Gasteiger partial charge in [0.2, 0.25) is 5.60 Å². The molecule has 1 aromatic heterocycles. The van der Waals surface area contributed by atoms with Crippen LogP contribution in [0.5, 0.6) is 11.5 Å². The van der Waals surface area contributed by atoms with Gasteiger partial charge in [-0.05, 0) is 37.1 Å². The number of hydrogen-bond acceptors (Lipinski definition) is 6. The van der Waals surface area contributed by atoms with E-state index in [0.717, 1.165) is 11.6 Å². The molecule has 0 aliphatic carbocycles. The molecule has 8 heteroatoms. The summed E-state index contributed by atoms with van der Waals surface area (Å²) in [6.45, 7) is 3.18. The number of nitrogens with zero attached hydrogens (tertiary/aromatic N) is 2. The number of carbonyl (C=O) groups is 1. The third kappa shape index (κ3) is 4.21. The summed E-state index contributed by atoms with van der Waals surface area (Å²) in [4.78, 5) is 16.2. The molecule has 0 bridgehead atoms. The van der Waals surface area contributed by atoms with E-state index in [4.69, 9.17) is 13.9 Å². The van der Waals surface area contributed by atoms with E-state index >= 15 is 0 Å². The predicted molar refractivity (Wildman–Crippen MR) is 116 cm³/mol. The maximum Gasteiger partial charge on any atom is 0.352 e. The van der Waals surface area contributed by atoms with Gasteiger partial charge in [-0.1, -0.05) is 30.3 Å². The Hall–Kier alpha value is -4.38. The van der Waals surface area contributed by atoms with Crippen LogP contribution in [0.15, 0.2) is 65.4 Å². The van der Waals surface area contributed by atoms with E-state index in [-0.39, 0.29) is 18.1 Å². The van der Waals surface area contributed by atoms with E-state index in [1.54, 1.807) is 55.5 Å². The number of halogens is 1. The first kappa shape index (κ1) is 21.8.